The molecule has 1 saturated carbocycles. The highest BCUT2D eigenvalue weighted by Gasteiger charge is 2.34. The number of hydrogen-bond acceptors (Lipinski definition) is 2. The van der Waals surface area contributed by atoms with E-state index in [1.54, 1.807) is 0 Å². The second kappa shape index (κ2) is 5.21. The molecule has 19 heavy (non-hydrogen) atoms. The van der Waals surface area contributed by atoms with Crippen LogP contribution in [0.4, 0.5) is 19.3 Å². The Morgan fingerprint density at radius 3 is 2.63 bits per heavy atom. The number of carboxylic acids is 1. The number of carboxylic acid groups (broad SMARTS) is 1. The van der Waals surface area contributed by atoms with E-state index in [9.17, 15) is 18.4 Å². The molecule has 102 valence electrons. The lowest BCUT2D eigenvalue weighted by Gasteiger charge is -2.20. The van der Waals surface area contributed by atoms with Crippen molar-refractivity contribution < 1.29 is 23.5 Å². The zero-order chi connectivity index (χ0) is 14.0. The van der Waals surface area contributed by atoms with E-state index in [0.717, 1.165) is 11.0 Å². The number of nitrogens with zero attached hydrogens (tertiary/aromatic N) is 1. The van der Waals surface area contributed by atoms with Gasteiger partial charge in [-0.15, -0.1) is 0 Å². The molecule has 1 aliphatic rings. The van der Waals surface area contributed by atoms with E-state index in [-0.39, 0.29) is 11.7 Å². The van der Waals surface area contributed by atoms with Gasteiger partial charge in [0.05, 0.1) is 5.69 Å². The molecule has 0 spiro atoms. The Kier molecular flexibility index (Phi) is 3.64. The number of benzene rings is 1. The maximum atomic E-state index is 13.4. The first-order valence-corrected chi connectivity index (χ1v) is 5.72. The molecule has 0 heterocycles. The molecule has 1 aliphatic carbocycles. The molecular formula is C12H12F2N2O3. The third-order valence-electron chi connectivity index (χ3n) is 2.75. The van der Waals surface area contributed by atoms with E-state index in [1.165, 1.54) is 12.1 Å². The molecule has 1 aromatic carbocycles. The summed E-state index contributed by atoms with van der Waals surface area (Å²) in [5, 5.41) is 10.9. The van der Waals surface area contributed by atoms with Gasteiger partial charge in [0.2, 0.25) is 0 Å². The number of hydrogen-bond donors (Lipinski definition) is 2. The summed E-state index contributed by atoms with van der Waals surface area (Å²) in [6.45, 7) is -0.465. The first kappa shape index (κ1) is 13.3. The number of carbonyl (C=O) groups excluding carboxylic acids is 1. The van der Waals surface area contributed by atoms with Crippen LogP contribution in [0.2, 0.25) is 0 Å². The first-order chi connectivity index (χ1) is 8.99. The quantitative estimate of drug-likeness (QED) is 0.879. The van der Waals surface area contributed by atoms with E-state index in [4.69, 9.17) is 5.11 Å². The van der Waals surface area contributed by atoms with Crippen LogP contribution < -0.4 is 5.32 Å². The van der Waals surface area contributed by atoms with Gasteiger partial charge in [0.15, 0.2) is 11.6 Å². The van der Waals surface area contributed by atoms with E-state index in [2.05, 4.69) is 5.32 Å². The molecular weight excluding hydrogens is 258 g/mol. The Hall–Kier alpha value is -2.18. The monoisotopic (exact) mass is 270 g/mol. The van der Waals surface area contributed by atoms with Crippen LogP contribution in [0.5, 0.6) is 0 Å². The summed E-state index contributed by atoms with van der Waals surface area (Å²) in [4.78, 5) is 23.6. The predicted octanol–water partition coefficient (Wildman–Crippen LogP) is 2.05. The average molecular weight is 270 g/mol. The van der Waals surface area contributed by atoms with Crippen molar-refractivity contribution in [3.05, 3.63) is 29.8 Å². The van der Waals surface area contributed by atoms with Crippen molar-refractivity contribution in [2.24, 2.45) is 0 Å². The van der Waals surface area contributed by atoms with Crippen molar-refractivity contribution in [1.29, 1.82) is 0 Å². The van der Waals surface area contributed by atoms with Crippen molar-refractivity contribution in [2.75, 3.05) is 11.9 Å². The Labute approximate surface area is 107 Å². The van der Waals surface area contributed by atoms with E-state index >= 15 is 0 Å². The molecule has 7 heteroatoms. The average Bonchev–Trinajstić information content (AvgIpc) is 3.16. The highest BCUT2D eigenvalue weighted by atomic mass is 19.2. The van der Waals surface area contributed by atoms with Crippen LogP contribution in [-0.2, 0) is 4.79 Å². The van der Waals surface area contributed by atoms with Crippen molar-refractivity contribution in [3.8, 4) is 0 Å². The van der Waals surface area contributed by atoms with E-state index in [1.807, 2.05) is 0 Å². The minimum atomic E-state index is -1.16. The zero-order valence-electron chi connectivity index (χ0n) is 9.90. The Morgan fingerprint density at radius 2 is 2.05 bits per heavy atom. The zero-order valence-corrected chi connectivity index (χ0v) is 9.90. The molecule has 2 amide bonds. The number of halogens is 2. The van der Waals surface area contributed by atoms with Gasteiger partial charge < -0.3 is 15.3 Å². The lowest BCUT2D eigenvalue weighted by Crippen LogP contribution is -2.40. The van der Waals surface area contributed by atoms with Crippen molar-refractivity contribution >= 4 is 17.7 Å². The molecule has 2 N–H and O–H groups in total. The normalized spacial score (nSPS) is 14.0. The second-order valence-corrected chi connectivity index (χ2v) is 4.28. The fraction of sp³-hybridized carbons (Fsp3) is 0.333. The van der Waals surface area contributed by atoms with Gasteiger partial charge >= 0.3 is 12.0 Å². The Bertz CT molecular complexity index is 518. The Morgan fingerprint density at radius 1 is 1.37 bits per heavy atom. The number of urea groups is 1. The number of anilines is 1. The van der Waals surface area contributed by atoms with Gasteiger partial charge in [-0.25, -0.2) is 13.6 Å². The predicted molar refractivity (Wildman–Crippen MR) is 62.7 cm³/mol. The molecule has 0 saturated heterocycles. The fourth-order valence-electron chi connectivity index (χ4n) is 1.69. The smallest absolute Gasteiger partial charge is 0.323 e. The summed E-state index contributed by atoms with van der Waals surface area (Å²) in [6, 6.07) is 2.51. The van der Waals surface area contributed by atoms with Crippen LogP contribution in [-0.4, -0.2) is 34.6 Å². The number of nitrogens with one attached hydrogen (secondary N) is 1. The summed E-state index contributed by atoms with van der Waals surface area (Å²) in [7, 11) is 0. The summed E-state index contributed by atoms with van der Waals surface area (Å²) >= 11 is 0. The fourth-order valence-corrected chi connectivity index (χ4v) is 1.69. The van der Waals surface area contributed by atoms with Crippen LogP contribution in [0.25, 0.3) is 0 Å². The van der Waals surface area contributed by atoms with Crippen molar-refractivity contribution in [3.63, 3.8) is 0 Å². The van der Waals surface area contributed by atoms with Gasteiger partial charge in [-0.2, -0.15) is 0 Å². The summed E-state index contributed by atoms with van der Waals surface area (Å²) < 4.78 is 26.4. The van der Waals surface area contributed by atoms with Gasteiger partial charge in [0.25, 0.3) is 0 Å². The highest BCUT2D eigenvalue weighted by Crippen LogP contribution is 2.27. The summed E-state index contributed by atoms with van der Waals surface area (Å²) in [5.41, 5.74) is -0.305. The SMILES string of the molecule is O=C(O)CN(C(=O)Nc1cccc(F)c1F)C1CC1. The number of carbonyl (C=O) groups is 2. The molecule has 0 atom stereocenters. The van der Waals surface area contributed by atoms with Gasteiger partial charge in [0.1, 0.15) is 6.54 Å². The van der Waals surface area contributed by atoms with Gasteiger partial charge in [0, 0.05) is 6.04 Å². The minimum Gasteiger partial charge on any atom is -0.480 e. The summed E-state index contributed by atoms with van der Waals surface area (Å²) in [6.07, 6.45) is 1.43. The topological polar surface area (TPSA) is 69.6 Å². The lowest BCUT2D eigenvalue weighted by atomic mass is 10.3. The van der Waals surface area contributed by atoms with E-state index < -0.39 is 30.2 Å². The third-order valence-corrected chi connectivity index (χ3v) is 2.75. The van der Waals surface area contributed by atoms with Crippen LogP contribution >= 0.6 is 0 Å². The number of aliphatic carboxylic acids is 1. The summed E-state index contributed by atoms with van der Waals surface area (Å²) in [5.74, 6) is -3.39. The molecule has 0 radical (unpaired) electrons. The minimum absolute atomic E-state index is 0.146. The number of rotatable bonds is 4. The second-order valence-electron chi connectivity index (χ2n) is 4.28. The Balaban J connectivity index is 2.10. The molecule has 1 fully saturated rings. The molecule has 0 unspecified atom stereocenters. The van der Waals surface area contributed by atoms with Gasteiger partial charge in [-0.3, -0.25) is 4.79 Å². The van der Waals surface area contributed by atoms with Gasteiger partial charge in [-0.1, -0.05) is 6.07 Å². The largest absolute Gasteiger partial charge is 0.480 e. The highest BCUT2D eigenvalue weighted by molar-refractivity contribution is 5.91. The maximum Gasteiger partial charge on any atom is 0.323 e. The van der Waals surface area contributed by atoms with Crippen LogP contribution in [0, 0.1) is 11.6 Å². The van der Waals surface area contributed by atoms with Crippen LogP contribution in [0.1, 0.15) is 12.8 Å². The van der Waals surface area contributed by atoms with Crippen molar-refractivity contribution in [2.45, 2.75) is 18.9 Å². The third kappa shape index (κ3) is 3.18. The lowest BCUT2D eigenvalue weighted by molar-refractivity contribution is -0.137. The van der Waals surface area contributed by atoms with E-state index in [0.29, 0.717) is 12.8 Å². The van der Waals surface area contributed by atoms with Gasteiger partial charge in [-0.05, 0) is 25.0 Å². The maximum absolute atomic E-state index is 13.4. The molecule has 1 aromatic rings. The first-order valence-electron chi connectivity index (χ1n) is 5.72. The van der Waals surface area contributed by atoms with Crippen molar-refractivity contribution in [1.82, 2.24) is 4.90 Å². The molecule has 5 nitrogen and oxygen atoms in total. The molecule has 0 aromatic heterocycles. The number of amides is 2. The van der Waals surface area contributed by atoms with Crippen LogP contribution in [0.3, 0.4) is 0 Å². The standard InChI is InChI=1S/C12H12F2N2O3/c13-8-2-1-3-9(11(8)14)15-12(19)16(6-10(17)18)7-4-5-7/h1-3,7H,4-6H2,(H,15,19)(H,17,18). The molecule has 0 aliphatic heterocycles. The molecule has 0 bridgehead atoms. The molecule has 2 rings (SSSR count). The van der Waals surface area contributed by atoms with Crippen LogP contribution in [0.15, 0.2) is 18.2 Å².